The Morgan fingerprint density at radius 2 is 1.73 bits per heavy atom. The first-order valence-electron chi connectivity index (χ1n) is 9.40. The van der Waals surface area contributed by atoms with Gasteiger partial charge in [-0.2, -0.15) is 0 Å². The van der Waals surface area contributed by atoms with Gasteiger partial charge >= 0.3 is 11.9 Å². The Hall–Kier alpha value is -1.55. The van der Waals surface area contributed by atoms with Gasteiger partial charge in [0.15, 0.2) is 0 Å². The van der Waals surface area contributed by atoms with Crippen LogP contribution < -0.4 is 4.74 Å². The van der Waals surface area contributed by atoms with Crippen LogP contribution in [0.25, 0.3) is 0 Å². The van der Waals surface area contributed by atoms with Gasteiger partial charge in [-0.25, -0.2) is 0 Å². The Labute approximate surface area is 161 Å². The predicted octanol–water partition coefficient (Wildman–Crippen LogP) is 5.56. The van der Waals surface area contributed by atoms with Gasteiger partial charge in [0.05, 0.1) is 0 Å². The quantitative estimate of drug-likeness (QED) is 0.478. The van der Waals surface area contributed by atoms with Crippen LogP contribution >= 0.6 is 11.6 Å². The van der Waals surface area contributed by atoms with Crippen LogP contribution in [-0.4, -0.2) is 18.0 Å². The fourth-order valence-corrected chi connectivity index (χ4v) is 3.56. The lowest BCUT2D eigenvalue weighted by molar-refractivity contribution is -0.151. The maximum Gasteiger partial charge on any atom is 0.311 e. The number of ether oxygens (including phenoxy) is 2. The highest BCUT2D eigenvalue weighted by molar-refractivity contribution is 6.30. The van der Waals surface area contributed by atoms with Crippen molar-refractivity contribution in [2.24, 2.45) is 11.3 Å². The van der Waals surface area contributed by atoms with Crippen molar-refractivity contribution in [3.8, 4) is 5.75 Å². The SMILES string of the molecule is CC(C)(C)C1CCC(OC(=O)CCCC(=O)Oc2cccc(Cl)c2)CC1. The predicted molar refractivity (Wildman–Crippen MR) is 102 cm³/mol. The first-order valence-corrected chi connectivity index (χ1v) is 9.77. The zero-order valence-corrected chi connectivity index (χ0v) is 16.7. The molecule has 0 atom stereocenters. The Bertz CT molecular complexity index is 613. The van der Waals surface area contributed by atoms with Gasteiger partial charge < -0.3 is 9.47 Å². The summed E-state index contributed by atoms with van der Waals surface area (Å²) in [5, 5.41) is 0.514. The average molecular weight is 381 g/mol. The molecule has 144 valence electrons. The summed E-state index contributed by atoms with van der Waals surface area (Å²) in [6, 6.07) is 6.69. The van der Waals surface area contributed by atoms with Crippen molar-refractivity contribution in [3.05, 3.63) is 29.3 Å². The van der Waals surface area contributed by atoms with Crippen molar-refractivity contribution in [2.45, 2.75) is 71.8 Å². The molecule has 0 aliphatic heterocycles. The van der Waals surface area contributed by atoms with Gasteiger partial charge in [-0.05, 0) is 61.6 Å². The molecule has 26 heavy (non-hydrogen) atoms. The Balaban J connectivity index is 1.62. The molecule has 1 aliphatic carbocycles. The van der Waals surface area contributed by atoms with Crippen LogP contribution in [0.4, 0.5) is 0 Å². The van der Waals surface area contributed by atoms with E-state index in [1.54, 1.807) is 24.3 Å². The lowest BCUT2D eigenvalue weighted by atomic mass is 9.72. The monoisotopic (exact) mass is 380 g/mol. The molecule has 1 saturated carbocycles. The third-order valence-electron chi connectivity index (χ3n) is 4.99. The maximum atomic E-state index is 12.0. The Kier molecular flexibility index (Phi) is 7.51. The van der Waals surface area contributed by atoms with Gasteiger partial charge in [-0.1, -0.05) is 38.4 Å². The molecule has 0 spiro atoms. The van der Waals surface area contributed by atoms with Crippen LogP contribution in [0.3, 0.4) is 0 Å². The van der Waals surface area contributed by atoms with E-state index in [-0.39, 0.29) is 30.9 Å². The van der Waals surface area contributed by atoms with Crippen molar-refractivity contribution in [1.82, 2.24) is 0 Å². The topological polar surface area (TPSA) is 52.6 Å². The van der Waals surface area contributed by atoms with Crippen molar-refractivity contribution in [1.29, 1.82) is 0 Å². The average Bonchev–Trinajstić information content (AvgIpc) is 2.54. The van der Waals surface area contributed by atoms with Crippen LogP contribution in [0.2, 0.25) is 5.02 Å². The number of halogens is 1. The fourth-order valence-electron chi connectivity index (χ4n) is 3.38. The van der Waals surface area contributed by atoms with E-state index in [0.29, 0.717) is 28.5 Å². The smallest absolute Gasteiger partial charge is 0.311 e. The fraction of sp³-hybridized carbons (Fsp3) is 0.619. The summed E-state index contributed by atoms with van der Waals surface area (Å²) in [6.07, 6.45) is 4.95. The summed E-state index contributed by atoms with van der Waals surface area (Å²) in [5.74, 6) is 0.518. The summed E-state index contributed by atoms with van der Waals surface area (Å²) >= 11 is 5.85. The molecule has 1 fully saturated rings. The van der Waals surface area contributed by atoms with Crippen LogP contribution in [0.15, 0.2) is 24.3 Å². The lowest BCUT2D eigenvalue weighted by Gasteiger charge is -2.36. The number of benzene rings is 1. The van der Waals surface area contributed by atoms with E-state index in [0.717, 1.165) is 25.7 Å². The summed E-state index contributed by atoms with van der Waals surface area (Å²) < 4.78 is 10.8. The minimum absolute atomic E-state index is 0.0273. The molecular weight excluding hydrogens is 352 g/mol. The highest BCUT2D eigenvalue weighted by Gasteiger charge is 2.30. The van der Waals surface area contributed by atoms with Crippen LogP contribution in [-0.2, 0) is 14.3 Å². The minimum atomic E-state index is -0.370. The molecule has 0 N–H and O–H groups in total. The Morgan fingerprint density at radius 1 is 1.08 bits per heavy atom. The van der Waals surface area contributed by atoms with E-state index in [2.05, 4.69) is 20.8 Å². The number of esters is 2. The molecule has 0 amide bonds. The molecular formula is C21H29ClO4. The molecule has 0 aromatic heterocycles. The molecule has 0 saturated heterocycles. The molecule has 4 nitrogen and oxygen atoms in total. The van der Waals surface area contributed by atoms with Gasteiger partial charge in [0.25, 0.3) is 0 Å². The van der Waals surface area contributed by atoms with E-state index >= 15 is 0 Å². The van der Waals surface area contributed by atoms with Crippen LogP contribution in [0.1, 0.15) is 65.7 Å². The highest BCUT2D eigenvalue weighted by Crippen LogP contribution is 2.38. The number of carbonyl (C=O) groups excluding carboxylic acids is 2. The molecule has 1 aromatic carbocycles. The molecule has 0 radical (unpaired) electrons. The second kappa shape index (κ2) is 9.40. The van der Waals surface area contributed by atoms with E-state index in [9.17, 15) is 9.59 Å². The van der Waals surface area contributed by atoms with Gasteiger partial charge in [0, 0.05) is 17.9 Å². The lowest BCUT2D eigenvalue weighted by Crippen LogP contribution is -2.30. The number of rotatable bonds is 6. The van der Waals surface area contributed by atoms with Gasteiger partial charge in [-0.3, -0.25) is 9.59 Å². The summed E-state index contributed by atoms with van der Waals surface area (Å²) in [6.45, 7) is 6.81. The normalized spacial score (nSPS) is 20.5. The largest absolute Gasteiger partial charge is 0.462 e. The third kappa shape index (κ3) is 6.99. The van der Waals surface area contributed by atoms with Crippen molar-refractivity contribution >= 4 is 23.5 Å². The number of hydrogen-bond donors (Lipinski definition) is 0. The third-order valence-corrected chi connectivity index (χ3v) is 5.22. The highest BCUT2D eigenvalue weighted by atomic mass is 35.5. The molecule has 0 unspecified atom stereocenters. The van der Waals surface area contributed by atoms with E-state index in [4.69, 9.17) is 21.1 Å². The van der Waals surface area contributed by atoms with Crippen molar-refractivity contribution in [2.75, 3.05) is 0 Å². The molecule has 1 aromatic rings. The van der Waals surface area contributed by atoms with Gasteiger partial charge in [0.2, 0.25) is 0 Å². The van der Waals surface area contributed by atoms with Crippen molar-refractivity contribution < 1.29 is 19.1 Å². The molecule has 5 heteroatoms. The van der Waals surface area contributed by atoms with E-state index < -0.39 is 0 Å². The van der Waals surface area contributed by atoms with Gasteiger partial charge in [0.1, 0.15) is 11.9 Å². The first kappa shape index (κ1) is 20.8. The van der Waals surface area contributed by atoms with Crippen LogP contribution in [0, 0.1) is 11.3 Å². The number of carbonyl (C=O) groups is 2. The van der Waals surface area contributed by atoms with E-state index in [1.807, 2.05) is 0 Å². The molecule has 1 aliphatic rings. The Morgan fingerprint density at radius 3 is 2.35 bits per heavy atom. The molecule has 0 bridgehead atoms. The second-order valence-corrected chi connectivity index (χ2v) is 8.55. The van der Waals surface area contributed by atoms with E-state index in [1.165, 1.54) is 0 Å². The number of hydrogen-bond acceptors (Lipinski definition) is 4. The van der Waals surface area contributed by atoms with Gasteiger partial charge in [-0.15, -0.1) is 0 Å². The second-order valence-electron chi connectivity index (χ2n) is 8.11. The summed E-state index contributed by atoms with van der Waals surface area (Å²) in [7, 11) is 0. The first-order chi connectivity index (χ1) is 12.2. The molecule has 2 rings (SSSR count). The van der Waals surface area contributed by atoms with Crippen LogP contribution in [0.5, 0.6) is 5.75 Å². The zero-order valence-electron chi connectivity index (χ0n) is 15.9. The van der Waals surface area contributed by atoms with Crippen molar-refractivity contribution in [3.63, 3.8) is 0 Å². The summed E-state index contributed by atoms with van der Waals surface area (Å²) in [4.78, 5) is 23.8. The maximum absolute atomic E-state index is 12.0. The molecule has 0 heterocycles. The zero-order chi connectivity index (χ0) is 19.2. The minimum Gasteiger partial charge on any atom is -0.462 e. The standard InChI is InChI=1S/C21H29ClO4/c1-21(2,3)15-10-12-17(13-11-15)25-19(23)8-5-9-20(24)26-18-7-4-6-16(22)14-18/h4,6-7,14-15,17H,5,8-13H2,1-3H3. The summed E-state index contributed by atoms with van der Waals surface area (Å²) in [5.41, 5.74) is 0.318.